The van der Waals surface area contributed by atoms with Crippen LogP contribution in [0, 0.1) is 11.6 Å². The van der Waals surface area contributed by atoms with Crippen LogP contribution in [0.25, 0.3) is 0 Å². The summed E-state index contributed by atoms with van der Waals surface area (Å²) in [4.78, 5) is 0. The van der Waals surface area contributed by atoms with E-state index in [1.54, 1.807) is 12.1 Å². The molecule has 1 heterocycles. The van der Waals surface area contributed by atoms with E-state index in [2.05, 4.69) is 36.3 Å². The van der Waals surface area contributed by atoms with Crippen molar-refractivity contribution in [2.24, 2.45) is 0 Å². The Hall–Kier alpha value is -2.08. The van der Waals surface area contributed by atoms with E-state index in [9.17, 15) is 8.78 Å². The lowest BCUT2D eigenvalue weighted by Crippen LogP contribution is -2.35. The number of ether oxygens (including phenoxy) is 1. The molecule has 0 aliphatic rings. The summed E-state index contributed by atoms with van der Waals surface area (Å²) in [6.07, 6.45) is 0. The molecule has 0 aliphatic carbocycles. The fraction of sp³-hybridized carbons (Fsp3) is 0.333. The molecule has 4 nitrogen and oxygen atoms in total. The summed E-state index contributed by atoms with van der Waals surface area (Å²) < 4.78 is 31.5. The van der Waals surface area contributed by atoms with Crippen molar-refractivity contribution >= 4 is 0 Å². The van der Waals surface area contributed by atoms with Gasteiger partial charge in [0, 0.05) is 24.2 Å². The molecule has 0 amide bonds. The molecule has 0 saturated heterocycles. The molecule has 0 radical (unpaired) electrons. The van der Waals surface area contributed by atoms with Gasteiger partial charge in [-0.3, -0.25) is 0 Å². The van der Waals surface area contributed by atoms with Crippen LogP contribution < -0.4 is 10.1 Å². The second-order valence-electron chi connectivity index (χ2n) is 5.64. The Labute approximate surface area is 122 Å². The highest BCUT2D eigenvalue weighted by atomic mass is 19.1. The molecular weight excluding hydrogens is 276 g/mol. The third kappa shape index (κ3) is 4.75. The van der Waals surface area contributed by atoms with Gasteiger partial charge < -0.3 is 10.1 Å². The molecule has 0 atom stereocenters. The number of rotatable bonds is 4. The minimum absolute atomic E-state index is 0.0198. The first-order valence-electron chi connectivity index (χ1n) is 6.54. The van der Waals surface area contributed by atoms with E-state index in [4.69, 9.17) is 4.74 Å². The predicted molar refractivity (Wildman–Crippen MR) is 75.1 cm³/mol. The molecule has 0 fully saturated rings. The Morgan fingerprint density at radius 2 is 1.86 bits per heavy atom. The number of hydrogen-bond acceptors (Lipinski definition) is 4. The van der Waals surface area contributed by atoms with Crippen LogP contribution in [0.5, 0.6) is 11.6 Å². The summed E-state index contributed by atoms with van der Waals surface area (Å²) >= 11 is 0. The molecule has 0 spiro atoms. The van der Waals surface area contributed by atoms with Crippen LogP contribution in [0.15, 0.2) is 30.3 Å². The first kappa shape index (κ1) is 15.3. The summed E-state index contributed by atoms with van der Waals surface area (Å²) in [5.41, 5.74) is 0.727. The van der Waals surface area contributed by atoms with Crippen LogP contribution in [0.1, 0.15) is 26.5 Å². The number of halogens is 2. The lowest BCUT2D eigenvalue weighted by Gasteiger charge is -2.19. The largest absolute Gasteiger partial charge is 0.434 e. The second-order valence-corrected chi connectivity index (χ2v) is 5.64. The fourth-order valence-corrected chi connectivity index (χ4v) is 1.52. The van der Waals surface area contributed by atoms with E-state index in [0.29, 0.717) is 6.54 Å². The van der Waals surface area contributed by atoms with Crippen molar-refractivity contribution < 1.29 is 13.5 Å². The maximum atomic E-state index is 13.4. The van der Waals surface area contributed by atoms with E-state index in [0.717, 1.165) is 17.8 Å². The second kappa shape index (κ2) is 6.13. The molecule has 1 aromatic heterocycles. The minimum Gasteiger partial charge on any atom is -0.434 e. The van der Waals surface area contributed by atoms with E-state index >= 15 is 0 Å². The zero-order chi connectivity index (χ0) is 15.5. The average Bonchev–Trinajstić information content (AvgIpc) is 2.40. The summed E-state index contributed by atoms with van der Waals surface area (Å²) in [6.45, 7) is 6.72. The van der Waals surface area contributed by atoms with Gasteiger partial charge in [0.05, 0.1) is 5.69 Å². The number of nitrogens with zero attached hydrogens (tertiary/aromatic N) is 2. The van der Waals surface area contributed by atoms with Crippen molar-refractivity contribution in [2.75, 3.05) is 0 Å². The monoisotopic (exact) mass is 293 g/mol. The SMILES string of the molecule is CC(C)(C)NCc1ccc(Oc2ccc(F)cc2F)nn1. The van der Waals surface area contributed by atoms with Crippen LogP contribution in [0.3, 0.4) is 0 Å². The van der Waals surface area contributed by atoms with Gasteiger partial charge in [-0.15, -0.1) is 5.10 Å². The van der Waals surface area contributed by atoms with Crippen LogP contribution in [0.2, 0.25) is 0 Å². The van der Waals surface area contributed by atoms with Crippen LogP contribution in [0.4, 0.5) is 8.78 Å². The number of aromatic nitrogens is 2. The molecule has 112 valence electrons. The molecule has 0 bridgehead atoms. The third-order valence-corrected chi connectivity index (χ3v) is 2.60. The molecule has 0 unspecified atom stereocenters. The van der Waals surface area contributed by atoms with Gasteiger partial charge >= 0.3 is 0 Å². The lowest BCUT2D eigenvalue weighted by molar-refractivity contribution is 0.408. The Morgan fingerprint density at radius 1 is 1.10 bits per heavy atom. The highest BCUT2D eigenvalue weighted by molar-refractivity contribution is 5.28. The van der Waals surface area contributed by atoms with E-state index in [1.807, 2.05) is 0 Å². The van der Waals surface area contributed by atoms with E-state index in [1.165, 1.54) is 6.07 Å². The third-order valence-electron chi connectivity index (χ3n) is 2.60. The molecular formula is C15H17F2N3O. The molecule has 6 heteroatoms. The van der Waals surface area contributed by atoms with E-state index in [-0.39, 0.29) is 17.2 Å². The number of benzene rings is 1. The zero-order valence-corrected chi connectivity index (χ0v) is 12.2. The minimum atomic E-state index is -0.782. The first-order valence-corrected chi connectivity index (χ1v) is 6.54. The van der Waals surface area contributed by atoms with Crippen molar-refractivity contribution in [1.82, 2.24) is 15.5 Å². The van der Waals surface area contributed by atoms with Crippen molar-refractivity contribution in [3.8, 4) is 11.6 Å². The lowest BCUT2D eigenvalue weighted by atomic mass is 10.1. The van der Waals surface area contributed by atoms with Crippen LogP contribution in [-0.4, -0.2) is 15.7 Å². The smallest absolute Gasteiger partial charge is 0.239 e. The standard InChI is InChI=1S/C15H17F2N3O/c1-15(2,3)18-9-11-5-7-14(20-19-11)21-13-6-4-10(16)8-12(13)17/h4-8,18H,9H2,1-3H3. The van der Waals surface area contributed by atoms with Crippen molar-refractivity contribution in [2.45, 2.75) is 32.9 Å². The summed E-state index contributed by atoms with van der Waals surface area (Å²) in [6, 6.07) is 6.41. The molecule has 0 saturated carbocycles. The average molecular weight is 293 g/mol. The van der Waals surface area contributed by atoms with Crippen LogP contribution >= 0.6 is 0 Å². The van der Waals surface area contributed by atoms with Crippen molar-refractivity contribution in [3.63, 3.8) is 0 Å². The van der Waals surface area contributed by atoms with Gasteiger partial charge in [-0.2, -0.15) is 5.10 Å². The van der Waals surface area contributed by atoms with E-state index < -0.39 is 11.6 Å². The van der Waals surface area contributed by atoms with Gasteiger partial charge in [0.1, 0.15) is 5.82 Å². The fourth-order valence-electron chi connectivity index (χ4n) is 1.52. The maximum Gasteiger partial charge on any atom is 0.239 e. The highest BCUT2D eigenvalue weighted by Crippen LogP contribution is 2.23. The number of nitrogens with one attached hydrogen (secondary N) is 1. The molecule has 1 aromatic carbocycles. The predicted octanol–water partition coefficient (Wildman–Crippen LogP) is 3.44. The maximum absolute atomic E-state index is 13.4. The Kier molecular flexibility index (Phi) is 4.47. The van der Waals surface area contributed by atoms with Gasteiger partial charge in [-0.05, 0) is 39.0 Å². The molecule has 2 rings (SSSR count). The van der Waals surface area contributed by atoms with Crippen LogP contribution in [-0.2, 0) is 6.54 Å². The van der Waals surface area contributed by atoms with Gasteiger partial charge in [0.25, 0.3) is 0 Å². The quantitative estimate of drug-likeness (QED) is 0.938. The van der Waals surface area contributed by atoms with Crippen molar-refractivity contribution in [1.29, 1.82) is 0 Å². The van der Waals surface area contributed by atoms with Gasteiger partial charge in [0.15, 0.2) is 11.6 Å². The van der Waals surface area contributed by atoms with Gasteiger partial charge in [0.2, 0.25) is 5.88 Å². The van der Waals surface area contributed by atoms with Gasteiger partial charge in [-0.25, -0.2) is 8.78 Å². The Balaban J connectivity index is 2.02. The first-order chi connectivity index (χ1) is 9.83. The molecule has 21 heavy (non-hydrogen) atoms. The zero-order valence-electron chi connectivity index (χ0n) is 12.2. The number of hydrogen-bond donors (Lipinski definition) is 1. The molecule has 1 N–H and O–H groups in total. The molecule has 2 aromatic rings. The Bertz CT molecular complexity index is 609. The topological polar surface area (TPSA) is 47.0 Å². The summed E-state index contributed by atoms with van der Waals surface area (Å²) in [5.74, 6) is -1.38. The van der Waals surface area contributed by atoms with Gasteiger partial charge in [-0.1, -0.05) is 0 Å². The normalized spacial score (nSPS) is 11.5. The molecule has 0 aliphatic heterocycles. The Morgan fingerprint density at radius 3 is 2.43 bits per heavy atom. The van der Waals surface area contributed by atoms with Crippen molar-refractivity contribution in [3.05, 3.63) is 47.7 Å². The summed E-state index contributed by atoms with van der Waals surface area (Å²) in [5, 5.41) is 11.1. The summed E-state index contributed by atoms with van der Waals surface area (Å²) in [7, 11) is 0. The highest BCUT2D eigenvalue weighted by Gasteiger charge is 2.10.